The Labute approximate surface area is 137 Å². The normalized spacial score (nSPS) is 11.2. The van der Waals surface area contributed by atoms with Crippen LogP contribution in [0.3, 0.4) is 0 Å². The second kappa shape index (κ2) is 7.33. The summed E-state index contributed by atoms with van der Waals surface area (Å²) in [6, 6.07) is 7.32. The Morgan fingerprint density at radius 2 is 1.83 bits per heavy atom. The summed E-state index contributed by atoms with van der Waals surface area (Å²) < 4.78 is 48.2. The summed E-state index contributed by atoms with van der Waals surface area (Å²) in [6.07, 6.45) is -3.05. The Hall–Kier alpha value is -2.57. The maximum absolute atomic E-state index is 12.5. The van der Waals surface area contributed by atoms with Gasteiger partial charge in [0.1, 0.15) is 18.1 Å². The standard InChI is InChI=1S/C17H16F3NO3/c1-11(22)7-12-3-5-14(15(8-12)23-2)24-10-13-4-6-16(21-9-13)17(18,19)20/h3-6,8-9H,7,10H2,1-2H3. The molecule has 0 saturated heterocycles. The van der Waals surface area contributed by atoms with E-state index in [-0.39, 0.29) is 12.4 Å². The molecule has 0 saturated carbocycles. The SMILES string of the molecule is COc1cc(CC(C)=O)ccc1OCc1ccc(C(F)(F)F)nc1. The molecule has 0 radical (unpaired) electrons. The highest BCUT2D eigenvalue weighted by Crippen LogP contribution is 2.30. The molecule has 0 N–H and O–H groups in total. The van der Waals surface area contributed by atoms with Gasteiger partial charge in [-0.3, -0.25) is 9.78 Å². The van der Waals surface area contributed by atoms with Crippen molar-refractivity contribution in [2.45, 2.75) is 26.1 Å². The highest BCUT2D eigenvalue weighted by molar-refractivity contribution is 5.78. The average Bonchev–Trinajstić information content (AvgIpc) is 2.52. The van der Waals surface area contributed by atoms with Gasteiger partial charge in [0.2, 0.25) is 0 Å². The molecule has 0 aliphatic carbocycles. The topological polar surface area (TPSA) is 48.4 Å². The lowest BCUT2D eigenvalue weighted by molar-refractivity contribution is -0.141. The van der Waals surface area contributed by atoms with E-state index in [2.05, 4.69) is 4.98 Å². The number of ketones is 1. The van der Waals surface area contributed by atoms with Gasteiger partial charge in [0.05, 0.1) is 7.11 Å². The second-order valence-electron chi connectivity index (χ2n) is 5.20. The number of Topliss-reactive ketones (excluding diaryl/α,β-unsaturated/α-hetero) is 1. The Morgan fingerprint density at radius 3 is 2.38 bits per heavy atom. The van der Waals surface area contributed by atoms with Crippen molar-refractivity contribution in [2.75, 3.05) is 7.11 Å². The largest absolute Gasteiger partial charge is 0.493 e. The van der Waals surface area contributed by atoms with Gasteiger partial charge in [-0.2, -0.15) is 13.2 Å². The van der Waals surface area contributed by atoms with Gasteiger partial charge in [0, 0.05) is 18.2 Å². The molecule has 2 aromatic rings. The number of nitrogens with zero attached hydrogens (tertiary/aromatic N) is 1. The summed E-state index contributed by atoms with van der Waals surface area (Å²) in [5.41, 5.74) is 0.346. The summed E-state index contributed by atoms with van der Waals surface area (Å²) in [5, 5.41) is 0. The van der Waals surface area contributed by atoms with E-state index in [9.17, 15) is 18.0 Å². The van der Waals surface area contributed by atoms with Crippen LogP contribution in [0.4, 0.5) is 13.2 Å². The third-order valence-electron chi connectivity index (χ3n) is 3.19. The average molecular weight is 339 g/mol. The van der Waals surface area contributed by atoms with Crippen LogP contribution in [-0.4, -0.2) is 17.9 Å². The maximum Gasteiger partial charge on any atom is 0.433 e. The summed E-state index contributed by atoms with van der Waals surface area (Å²) >= 11 is 0. The second-order valence-corrected chi connectivity index (χ2v) is 5.20. The van der Waals surface area contributed by atoms with E-state index < -0.39 is 11.9 Å². The minimum atomic E-state index is -4.46. The van der Waals surface area contributed by atoms with Crippen molar-refractivity contribution in [2.24, 2.45) is 0 Å². The number of hydrogen-bond donors (Lipinski definition) is 0. The lowest BCUT2D eigenvalue weighted by atomic mass is 10.1. The fraction of sp³-hybridized carbons (Fsp3) is 0.294. The Balaban J connectivity index is 2.07. The van der Waals surface area contributed by atoms with Crippen LogP contribution < -0.4 is 9.47 Å². The molecule has 0 bridgehead atoms. The molecule has 1 aromatic carbocycles. The molecule has 24 heavy (non-hydrogen) atoms. The van der Waals surface area contributed by atoms with Crippen molar-refractivity contribution in [3.05, 3.63) is 53.3 Å². The lowest BCUT2D eigenvalue weighted by Gasteiger charge is -2.12. The minimum Gasteiger partial charge on any atom is -0.493 e. The first-order chi connectivity index (χ1) is 11.3. The van der Waals surface area contributed by atoms with Crippen molar-refractivity contribution in [1.29, 1.82) is 0 Å². The van der Waals surface area contributed by atoms with Crippen LogP contribution in [0.15, 0.2) is 36.5 Å². The molecule has 1 aromatic heterocycles. The first kappa shape index (κ1) is 17.8. The van der Waals surface area contributed by atoms with E-state index in [4.69, 9.17) is 9.47 Å². The molecule has 0 atom stereocenters. The fourth-order valence-electron chi connectivity index (χ4n) is 2.07. The first-order valence-corrected chi connectivity index (χ1v) is 7.11. The Kier molecular flexibility index (Phi) is 5.43. The monoisotopic (exact) mass is 339 g/mol. The zero-order chi connectivity index (χ0) is 17.7. The molecule has 0 unspecified atom stereocenters. The summed E-state index contributed by atoms with van der Waals surface area (Å²) in [6.45, 7) is 1.54. The molecular formula is C17H16F3NO3. The van der Waals surface area contributed by atoms with Gasteiger partial charge in [-0.25, -0.2) is 0 Å². The van der Waals surface area contributed by atoms with E-state index in [1.807, 2.05) is 0 Å². The van der Waals surface area contributed by atoms with Gasteiger partial charge in [-0.15, -0.1) is 0 Å². The van der Waals surface area contributed by atoms with Gasteiger partial charge in [-0.1, -0.05) is 12.1 Å². The molecule has 7 heteroatoms. The minimum absolute atomic E-state index is 0.0292. The van der Waals surface area contributed by atoms with E-state index in [0.717, 1.165) is 17.8 Å². The number of carbonyl (C=O) groups is 1. The highest BCUT2D eigenvalue weighted by Gasteiger charge is 2.31. The number of halogens is 3. The molecule has 0 amide bonds. The van der Waals surface area contributed by atoms with Crippen molar-refractivity contribution < 1.29 is 27.4 Å². The Bertz CT molecular complexity index is 712. The van der Waals surface area contributed by atoms with Crippen molar-refractivity contribution >= 4 is 5.78 Å². The van der Waals surface area contributed by atoms with Gasteiger partial charge in [0.15, 0.2) is 11.5 Å². The number of rotatable bonds is 6. The smallest absolute Gasteiger partial charge is 0.433 e. The highest BCUT2D eigenvalue weighted by atomic mass is 19.4. The molecule has 0 aliphatic heterocycles. The fourth-order valence-corrected chi connectivity index (χ4v) is 2.07. The number of ether oxygens (including phenoxy) is 2. The van der Waals surface area contributed by atoms with Gasteiger partial charge in [-0.05, 0) is 30.7 Å². The predicted molar refractivity (Wildman–Crippen MR) is 81.0 cm³/mol. The molecule has 2 rings (SSSR count). The van der Waals surface area contributed by atoms with Gasteiger partial charge >= 0.3 is 6.18 Å². The van der Waals surface area contributed by atoms with Crippen LogP contribution >= 0.6 is 0 Å². The number of aromatic nitrogens is 1. The van der Waals surface area contributed by atoms with Crippen LogP contribution in [-0.2, 0) is 24.0 Å². The van der Waals surface area contributed by atoms with Crippen molar-refractivity contribution in [1.82, 2.24) is 4.98 Å². The predicted octanol–water partition coefficient (Wildman–Crippen LogP) is 3.82. The molecule has 0 fully saturated rings. The number of alkyl halides is 3. The molecule has 128 valence electrons. The van der Waals surface area contributed by atoms with Crippen LogP contribution in [0.1, 0.15) is 23.7 Å². The molecule has 0 aliphatic rings. The van der Waals surface area contributed by atoms with Crippen LogP contribution in [0.25, 0.3) is 0 Å². The molecule has 1 heterocycles. The first-order valence-electron chi connectivity index (χ1n) is 7.11. The van der Waals surface area contributed by atoms with Crippen LogP contribution in [0.2, 0.25) is 0 Å². The van der Waals surface area contributed by atoms with Crippen LogP contribution in [0.5, 0.6) is 11.5 Å². The quantitative estimate of drug-likeness (QED) is 0.803. The zero-order valence-electron chi connectivity index (χ0n) is 13.2. The third-order valence-corrected chi connectivity index (χ3v) is 3.19. The number of methoxy groups -OCH3 is 1. The van der Waals surface area contributed by atoms with E-state index in [1.165, 1.54) is 20.1 Å². The maximum atomic E-state index is 12.5. The lowest BCUT2D eigenvalue weighted by Crippen LogP contribution is -2.08. The van der Waals surface area contributed by atoms with Gasteiger partial charge < -0.3 is 9.47 Å². The Morgan fingerprint density at radius 1 is 1.12 bits per heavy atom. The third kappa shape index (κ3) is 4.71. The van der Waals surface area contributed by atoms with Crippen molar-refractivity contribution in [3.63, 3.8) is 0 Å². The zero-order valence-corrected chi connectivity index (χ0v) is 13.2. The molecular weight excluding hydrogens is 323 g/mol. The summed E-state index contributed by atoms with van der Waals surface area (Å²) in [4.78, 5) is 14.5. The van der Waals surface area contributed by atoms with Crippen molar-refractivity contribution in [3.8, 4) is 11.5 Å². The number of pyridine rings is 1. The summed E-state index contributed by atoms with van der Waals surface area (Å²) in [5.74, 6) is 0.917. The molecule has 0 spiro atoms. The molecule has 4 nitrogen and oxygen atoms in total. The summed E-state index contributed by atoms with van der Waals surface area (Å²) in [7, 11) is 1.47. The van der Waals surface area contributed by atoms with E-state index in [1.54, 1.807) is 18.2 Å². The number of benzene rings is 1. The van der Waals surface area contributed by atoms with Gasteiger partial charge in [0.25, 0.3) is 0 Å². The van der Waals surface area contributed by atoms with E-state index in [0.29, 0.717) is 23.5 Å². The van der Waals surface area contributed by atoms with E-state index >= 15 is 0 Å². The number of carbonyl (C=O) groups excluding carboxylic acids is 1. The number of hydrogen-bond acceptors (Lipinski definition) is 4. The van der Waals surface area contributed by atoms with Crippen LogP contribution in [0, 0.1) is 0 Å².